The van der Waals surface area contributed by atoms with Crippen LogP contribution < -0.4 is 5.32 Å². The molecule has 0 aliphatic rings. The second-order valence-electron chi connectivity index (χ2n) is 4.65. The van der Waals surface area contributed by atoms with Crippen LogP contribution in [0.4, 0.5) is 0 Å². The summed E-state index contributed by atoms with van der Waals surface area (Å²) in [6.45, 7) is 1.72. The van der Waals surface area contributed by atoms with Gasteiger partial charge in [0, 0.05) is 9.92 Å². The summed E-state index contributed by atoms with van der Waals surface area (Å²) in [5.74, 6) is 0.196. The van der Waals surface area contributed by atoms with Crippen LogP contribution in [0.5, 0.6) is 0 Å². The number of benzene rings is 1. The first-order valence-electron chi connectivity index (χ1n) is 6.28. The summed E-state index contributed by atoms with van der Waals surface area (Å²) in [5.41, 5.74) is -0.815. The molecule has 0 spiro atoms. The number of nitrogens with one attached hydrogen (secondary N) is 1. The molecule has 1 rings (SSSR count). The molecule has 1 aromatic carbocycles. The van der Waals surface area contributed by atoms with Gasteiger partial charge in [0.1, 0.15) is 5.54 Å². The van der Waals surface area contributed by atoms with Gasteiger partial charge in [0.25, 0.3) is 0 Å². The first-order valence-corrected chi connectivity index (χ1v) is 7.65. The van der Waals surface area contributed by atoms with Gasteiger partial charge in [0.05, 0.1) is 0 Å². The minimum atomic E-state index is -0.815. The molecule has 0 radical (unpaired) electrons. The topological polar surface area (TPSA) is 49.3 Å². The Labute approximate surface area is 123 Å². The summed E-state index contributed by atoms with van der Waals surface area (Å²) in [5, 5.41) is 12.7. The SMILES string of the molecule is CNC(C)(CCCCSc1ccc(Cl)cc1)C(=O)O. The molecule has 1 aromatic rings. The quantitative estimate of drug-likeness (QED) is 0.568. The number of thioether (sulfide) groups is 1. The van der Waals surface area contributed by atoms with E-state index in [0.29, 0.717) is 6.42 Å². The second-order valence-corrected chi connectivity index (χ2v) is 6.25. The number of halogens is 1. The van der Waals surface area contributed by atoms with E-state index in [0.717, 1.165) is 23.6 Å². The molecule has 106 valence electrons. The van der Waals surface area contributed by atoms with E-state index in [-0.39, 0.29) is 0 Å². The highest BCUT2D eigenvalue weighted by molar-refractivity contribution is 7.99. The lowest BCUT2D eigenvalue weighted by atomic mass is 9.95. The average molecular weight is 302 g/mol. The predicted octanol–water partition coefficient (Wildman–Crippen LogP) is 3.67. The summed E-state index contributed by atoms with van der Waals surface area (Å²) < 4.78 is 0. The van der Waals surface area contributed by atoms with E-state index in [2.05, 4.69) is 5.32 Å². The minimum absolute atomic E-state index is 0.639. The Morgan fingerprint density at radius 2 is 2.00 bits per heavy atom. The highest BCUT2D eigenvalue weighted by Gasteiger charge is 2.29. The number of hydrogen-bond acceptors (Lipinski definition) is 3. The molecule has 0 heterocycles. The summed E-state index contributed by atoms with van der Waals surface area (Å²) >= 11 is 7.59. The number of aliphatic carboxylic acids is 1. The van der Waals surface area contributed by atoms with Crippen molar-refractivity contribution in [2.75, 3.05) is 12.8 Å². The molecule has 0 saturated carbocycles. The zero-order valence-corrected chi connectivity index (χ0v) is 12.9. The molecule has 3 nitrogen and oxygen atoms in total. The molecule has 0 amide bonds. The number of likely N-dealkylation sites (N-methyl/N-ethyl adjacent to an activating group) is 1. The Morgan fingerprint density at radius 1 is 1.37 bits per heavy atom. The number of carbonyl (C=O) groups is 1. The van der Waals surface area contributed by atoms with Crippen LogP contribution in [-0.2, 0) is 4.79 Å². The zero-order chi connectivity index (χ0) is 14.3. The summed E-state index contributed by atoms with van der Waals surface area (Å²) in [6.07, 6.45) is 2.53. The summed E-state index contributed by atoms with van der Waals surface area (Å²) in [4.78, 5) is 12.3. The number of unbranched alkanes of at least 4 members (excludes halogenated alkanes) is 1. The van der Waals surface area contributed by atoms with Gasteiger partial charge in [-0.25, -0.2) is 0 Å². The fourth-order valence-electron chi connectivity index (χ4n) is 1.64. The number of carboxylic acid groups (broad SMARTS) is 1. The van der Waals surface area contributed by atoms with Crippen molar-refractivity contribution >= 4 is 29.3 Å². The summed E-state index contributed by atoms with van der Waals surface area (Å²) in [6, 6.07) is 7.77. The Morgan fingerprint density at radius 3 is 2.53 bits per heavy atom. The molecule has 2 N–H and O–H groups in total. The second kappa shape index (κ2) is 7.78. The van der Waals surface area contributed by atoms with Gasteiger partial charge in [-0.05, 0) is 56.8 Å². The Bertz CT molecular complexity index is 410. The largest absolute Gasteiger partial charge is 0.480 e. The third-order valence-corrected chi connectivity index (χ3v) is 4.53. The van der Waals surface area contributed by atoms with Gasteiger partial charge in [-0.2, -0.15) is 0 Å². The third kappa shape index (κ3) is 5.43. The minimum Gasteiger partial charge on any atom is -0.480 e. The van der Waals surface area contributed by atoms with Crippen molar-refractivity contribution < 1.29 is 9.90 Å². The lowest BCUT2D eigenvalue weighted by Gasteiger charge is -2.23. The van der Waals surface area contributed by atoms with Crippen LogP contribution in [-0.4, -0.2) is 29.4 Å². The van der Waals surface area contributed by atoms with Crippen LogP contribution in [0.15, 0.2) is 29.2 Å². The van der Waals surface area contributed by atoms with Crippen molar-refractivity contribution in [1.29, 1.82) is 0 Å². The van der Waals surface area contributed by atoms with Gasteiger partial charge < -0.3 is 10.4 Å². The average Bonchev–Trinajstić information content (AvgIpc) is 2.40. The molecule has 0 aliphatic carbocycles. The number of hydrogen-bond donors (Lipinski definition) is 2. The molecule has 0 fully saturated rings. The highest BCUT2D eigenvalue weighted by atomic mass is 35.5. The van der Waals surface area contributed by atoms with E-state index in [1.165, 1.54) is 4.90 Å². The Kier molecular flexibility index (Phi) is 6.69. The lowest BCUT2D eigenvalue weighted by Crippen LogP contribution is -2.47. The number of rotatable bonds is 8. The first-order chi connectivity index (χ1) is 8.98. The van der Waals surface area contributed by atoms with E-state index < -0.39 is 11.5 Å². The van der Waals surface area contributed by atoms with Crippen molar-refractivity contribution in [3.8, 4) is 0 Å². The van der Waals surface area contributed by atoms with E-state index in [1.54, 1.807) is 25.7 Å². The Balaban J connectivity index is 2.24. The maximum absolute atomic E-state index is 11.1. The molecule has 0 saturated heterocycles. The molecule has 0 aliphatic heterocycles. The van der Waals surface area contributed by atoms with Crippen molar-refractivity contribution in [2.45, 2.75) is 36.6 Å². The fraction of sp³-hybridized carbons (Fsp3) is 0.500. The van der Waals surface area contributed by atoms with Crippen molar-refractivity contribution in [1.82, 2.24) is 5.32 Å². The summed E-state index contributed by atoms with van der Waals surface area (Å²) in [7, 11) is 1.69. The maximum Gasteiger partial charge on any atom is 0.323 e. The molecule has 1 atom stereocenters. The molecule has 5 heteroatoms. The van der Waals surface area contributed by atoms with Gasteiger partial charge in [0.2, 0.25) is 0 Å². The van der Waals surface area contributed by atoms with E-state index in [4.69, 9.17) is 16.7 Å². The van der Waals surface area contributed by atoms with Crippen LogP contribution in [0, 0.1) is 0 Å². The third-order valence-electron chi connectivity index (χ3n) is 3.18. The Hall–Kier alpha value is -0.710. The van der Waals surface area contributed by atoms with Crippen molar-refractivity contribution in [2.24, 2.45) is 0 Å². The van der Waals surface area contributed by atoms with Gasteiger partial charge in [-0.15, -0.1) is 11.8 Å². The molecule has 0 aromatic heterocycles. The molecular weight excluding hydrogens is 282 g/mol. The van der Waals surface area contributed by atoms with Crippen LogP contribution in [0.3, 0.4) is 0 Å². The van der Waals surface area contributed by atoms with Crippen molar-refractivity contribution in [3.05, 3.63) is 29.3 Å². The zero-order valence-electron chi connectivity index (χ0n) is 11.3. The van der Waals surface area contributed by atoms with Crippen LogP contribution in [0.25, 0.3) is 0 Å². The maximum atomic E-state index is 11.1. The van der Waals surface area contributed by atoms with E-state index in [9.17, 15) is 4.79 Å². The molecular formula is C14H20ClNO2S. The molecule has 1 unspecified atom stereocenters. The molecule has 0 bridgehead atoms. The van der Waals surface area contributed by atoms with Gasteiger partial charge in [-0.1, -0.05) is 18.0 Å². The highest BCUT2D eigenvalue weighted by Crippen LogP contribution is 2.22. The van der Waals surface area contributed by atoms with Crippen LogP contribution in [0.1, 0.15) is 26.2 Å². The van der Waals surface area contributed by atoms with Crippen LogP contribution >= 0.6 is 23.4 Å². The monoisotopic (exact) mass is 301 g/mol. The fourth-order valence-corrected chi connectivity index (χ4v) is 2.68. The van der Waals surface area contributed by atoms with E-state index in [1.807, 2.05) is 24.3 Å². The normalized spacial score (nSPS) is 14.1. The first kappa shape index (κ1) is 16.3. The lowest BCUT2D eigenvalue weighted by molar-refractivity contribution is -0.144. The smallest absolute Gasteiger partial charge is 0.323 e. The van der Waals surface area contributed by atoms with Gasteiger partial charge in [0.15, 0.2) is 0 Å². The van der Waals surface area contributed by atoms with Gasteiger partial charge in [-0.3, -0.25) is 4.79 Å². The standard InChI is InChI=1S/C14H20ClNO2S/c1-14(16-2,13(17)18)9-3-4-10-19-12-7-5-11(15)6-8-12/h5-8,16H,3-4,9-10H2,1-2H3,(H,17,18). The molecule has 19 heavy (non-hydrogen) atoms. The van der Waals surface area contributed by atoms with Gasteiger partial charge >= 0.3 is 5.97 Å². The predicted molar refractivity (Wildman–Crippen MR) is 81.1 cm³/mol. The van der Waals surface area contributed by atoms with Crippen LogP contribution in [0.2, 0.25) is 5.02 Å². The van der Waals surface area contributed by atoms with E-state index >= 15 is 0 Å². The van der Waals surface area contributed by atoms with Crippen molar-refractivity contribution in [3.63, 3.8) is 0 Å². The number of carboxylic acids is 1.